The van der Waals surface area contributed by atoms with E-state index in [9.17, 15) is 9.18 Å². The fourth-order valence-corrected chi connectivity index (χ4v) is 3.36. The first-order valence-electron chi connectivity index (χ1n) is 9.28. The third kappa shape index (κ3) is 4.09. The summed E-state index contributed by atoms with van der Waals surface area (Å²) in [6, 6.07) is 13.6. The van der Waals surface area contributed by atoms with Crippen molar-refractivity contribution in [3.63, 3.8) is 0 Å². The lowest BCUT2D eigenvalue weighted by Gasteiger charge is -2.31. The summed E-state index contributed by atoms with van der Waals surface area (Å²) in [6.07, 6.45) is 1.92. The van der Waals surface area contributed by atoms with Crippen molar-refractivity contribution in [3.8, 4) is 0 Å². The summed E-state index contributed by atoms with van der Waals surface area (Å²) in [7, 11) is 0. The molecule has 1 aliphatic heterocycles. The Morgan fingerprint density at radius 2 is 1.93 bits per heavy atom. The van der Waals surface area contributed by atoms with E-state index >= 15 is 0 Å². The topological polar surface area (TPSA) is 67.4 Å². The maximum atomic E-state index is 13.8. The van der Waals surface area contributed by atoms with Gasteiger partial charge in [0.15, 0.2) is 0 Å². The summed E-state index contributed by atoms with van der Waals surface area (Å²) >= 11 is 0. The van der Waals surface area contributed by atoms with Crippen LogP contribution in [-0.4, -0.2) is 53.1 Å². The molecule has 4 rings (SSSR count). The summed E-state index contributed by atoms with van der Waals surface area (Å²) in [4.78, 5) is 23.5. The molecule has 3 aromatic rings. The molecular weight excluding hydrogens is 359 g/mol. The Morgan fingerprint density at radius 1 is 1.14 bits per heavy atom. The molecule has 1 aromatic heterocycles. The van der Waals surface area contributed by atoms with E-state index in [0.29, 0.717) is 49.4 Å². The highest BCUT2D eigenvalue weighted by Gasteiger charge is 2.27. The van der Waals surface area contributed by atoms with Crippen molar-refractivity contribution in [1.29, 1.82) is 0 Å². The average Bonchev–Trinajstić information content (AvgIpc) is 2.74. The van der Waals surface area contributed by atoms with Gasteiger partial charge in [0.1, 0.15) is 24.0 Å². The average molecular weight is 380 g/mol. The highest BCUT2D eigenvalue weighted by atomic mass is 19.1. The fraction of sp³-hybridized carbons (Fsp3) is 0.286. The van der Waals surface area contributed by atoms with Crippen molar-refractivity contribution in [3.05, 3.63) is 66.2 Å². The number of carbonyl (C=O) groups is 1. The molecule has 0 aliphatic carbocycles. The number of carbonyl (C=O) groups excluding carboxylic acids is 1. The van der Waals surface area contributed by atoms with E-state index in [0.717, 1.165) is 5.56 Å². The Kier molecular flexibility index (Phi) is 5.43. The van der Waals surface area contributed by atoms with Gasteiger partial charge in [0, 0.05) is 24.9 Å². The molecule has 1 amide bonds. The van der Waals surface area contributed by atoms with Crippen LogP contribution in [0.4, 0.5) is 10.2 Å². The zero-order valence-corrected chi connectivity index (χ0v) is 15.3. The van der Waals surface area contributed by atoms with Gasteiger partial charge < -0.3 is 15.0 Å². The van der Waals surface area contributed by atoms with Gasteiger partial charge in [0.25, 0.3) is 0 Å². The Labute approximate surface area is 162 Å². The Bertz CT molecular complexity index is 961. The van der Waals surface area contributed by atoms with Gasteiger partial charge in [-0.25, -0.2) is 14.4 Å². The molecule has 0 saturated carbocycles. The van der Waals surface area contributed by atoms with Crippen LogP contribution in [0.1, 0.15) is 5.56 Å². The van der Waals surface area contributed by atoms with Crippen molar-refractivity contribution in [2.24, 2.45) is 0 Å². The van der Waals surface area contributed by atoms with Crippen LogP contribution in [0.25, 0.3) is 10.9 Å². The quantitative estimate of drug-likeness (QED) is 0.737. The number of nitrogens with zero attached hydrogens (tertiary/aromatic N) is 3. The first-order chi connectivity index (χ1) is 13.7. The normalized spacial score (nSPS) is 15.4. The van der Waals surface area contributed by atoms with Gasteiger partial charge in [-0.2, -0.15) is 0 Å². The number of morpholine rings is 1. The van der Waals surface area contributed by atoms with Crippen molar-refractivity contribution < 1.29 is 13.9 Å². The van der Waals surface area contributed by atoms with Gasteiger partial charge >= 0.3 is 0 Å². The second-order valence-electron chi connectivity index (χ2n) is 6.71. The zero-order valence-electron chi connectivity index (χ0n) is 15.3. The molecular formula is C21H21FN4O2. The second kappa shape index (κ2) is 8.31. The van der Waals surface area contributed by atoms with E-state index in [1.54, 1.807) is 11.0 Å². The predicted octanol–water partition coefficient (Wildman–Crippen LogP) is 2.65. The highest BCUT2D eigenvalue weighted by molar-refractivity contribution is 5.92. The van der Waals surface area contributed by atoms with Crippen molar-refractivity contribution in [2.45, 2.75) is 12.5 Å². The highest BCUT2D eigenvalue weighted by Crippen LogP contribution is 2.22. The molecule has 1 N–H and O–H groups in total. The maximum Gasteiger partial charge on any atom is 0.245 e. The predicted molar refractivity (Wildman–Crippen MR) is 104 cm³/mol. The third-order valence-corrected chi connectivity index (χ3v) is 4.81. The first-order valence-corrected chi connectivity index (χ1v) is 9.28. The molecule has 2 aromatic carbocycles. The third-order valence-electron chi connectivity index (χ3n) is 4.81. The summed E-state index contributed by atoms with van der Waals surface area (Å²) in [5.41, 5.74) is 1.65. The van der Waals surface area contributed by atoms with Gasteiger partial charge in [-0.1, -0.05) is 30.3 Å². The molecule has 28 heavy (non-hydrogen) atoms. The summed E-state index contributed by atoms with van der Waals surface area (Å²) < 4.78 is 19.1. The maximum absolute atomic E-state index is 13.8. The molecule has 1 unspecified atom stereocenters. The van der Waals surface area contributed by atoms with Crippen molar-refractivity contribution >= 4 is 22.6 Å². The molecule has 144 valence electrons. The van der Waals surface area contributed by atoms with Crippen LogP contribution >= 0.6 is 0 Å². The number of amides is 1. The lowest BCUT2D eigenvalue weighted by molar-refractivity contribution is -0.136. The lowest BCUT2D eigenvalue weighted by atomic mass is 10.0. The molecule has 0 radical (unpaired) electrons. The number of ether oxygens (including phenoxy) is 1. The van der Waals surface area contributed by atoms with Crippen molar-refractivity contribution in [1.82, 2.24) is 14.9 Å². The molecule has 2 heterocycles. The molecule has 0 spiro atoms. The van der Waals surface area contributed by atoms with Gasteiger partial charge in [-0.3, -0.25) is 4.79 Å². The Balaban J connectivity index is 1.65. The minimum absolute atomic E-state index is 0.0182. The van der Waals surface area contributed by atoms with Crippen LogP contribution in [0.2, 0.25) is 0 Å². The first kappa shape index (κ1) is 18.3. The van der Waals surface area contributed by atoms with E-state index in [1.807, 2.05) is 30.3 Å². The van der Waals surface area contributed by atoms with E-state index in [-0.39, 0.29) is 11.7 Å². The van der Waals surface area contributed by atoms with E-state index in [2.05, 4.69) is 15.3 Å². The fourth-order valence-electron chi connectivity index (χ4n) is 3.36. The molecule has 1 saturated heterocycles. The van der Waals surface area contributed by atoms with Gasteiger partial charge in [-0.05, 0) is 23.8 Å². The Hall–Kier alpha value is -3.06. The van der Waals surface area contributed by atoms with E-state index < -0.39 is 6.04 Å². The molecule has 7 heteroatoms. The van der Waals surface area contributed by atoms with Crippen LogP contribution in [0.15, 0.2) is 54.9 Å². The van der Waals surface area contributed by atoms with Crippen LogP contribution in [0.3, 0.4) is 0 Å². The lowest BCUT2D eigenvalue weighted by Crippen LogP contribution is -2.48. The van der Waals surface area contributed by atoms with Crippen LogP contribution in [-0.2, 0) is 16.0 Å². The van der Waals surface area contributed by atoms with Crippen LogP contribution in [0, 0.1) is 5.82 Å². The van der Waals surface area contributed by atoms with Crippen LogP contribution < -0.4 is 5.32 Å². The minimum atomic E-state index is -0.526. The number of aromatic nitrogens is 2. The number of anilines is 1. The summed E-state index contributed by atoms with van der Waals surface area (Å²) in [5, 5.41) is 3.80. The zero-order chi connectivity index (χ0) is 19.3. The van der Waals surface area contributed by atoms with Crippen molar-refractivity contribution in [2.75, 3.05) is 31.6 Å². The smallest absolute Gasteiger partial charge is 0.245 e. The van der Waals surface area contributed by atoms with Gasteiger partial charge in [0.05, 0.1) is 18.7 Å². The molecule has 1 fully saturated rings. The molecule has 6 nitrogen and oxygen atoms in total. The van der Waals surface area contributed by atoms with Gasteiger partial charge in [0.2, 0.25) is 5.91 Å². The van der Waals surface area contributed by atoms with E-state index in [1.165, 1.54) is 18.5 Å². The molecule has 0 bridgehead atoms. The van der Waals surface area contributed by atoms with Crippen LogP contribution in [0.5, 0.6) is 0 Å². The number of rotatable bonds is 5. The SMILES string of the molecule is O=C(C(Cc1ccccc1)Nc1ncnc2ccc(F)cc12)N1CCOCC1. The summed E-state index contributed by atoms with van der Waals surface area (Å²) in [6.45, 7) is 2.19. The number of halogens is 1. The number of benzene rings is 2. The largest absolute Gasteiger partial charge is 0.378 e. The number of hydrogen-bond acceptors (Lipinski definition) is 5. The summed E-state index contributed by atoms with van der Waals surface area (Å²) in [5.74, 6) is 0.0619. The monoisotopic (exact) mass is 380 g/mol. The minimum Gasteiger partial charge on any atom is -0.378 e. The standard InChI is InChI=1S/C21H21FN4O2/c22-16-6-7-18-17(13-16)20(24-14-23-18)25-19(12-15-4-2-1-3-5-15)21(27)26-8-10-28-11-9-26/h1-7,13-14,19H,8-12H2,(H,23,24,25). The Morgan fingerprint density at radius 3 is 2.71 bits per heavy atom. The molecule has 1 atom stereocenters. The second-order valence-corrected chi connectivity index (χ2v) is 6.71. The van der Waals surface area contributed by atoms with Gasteiger partial charge in [-0.15, -0.1) is 0 Å². The number of hydrogen-bond donors (Lipinski definition) is 1. The molecule has 1 aliphatic rings. The number of nitrogens with one attached hydrogen (secondary N) is 1. The van der Waals surface area contributed by atoms with E-state index in [4.69, 9.17) is 4.74 Å². The number of fused-ring (bicyclic) bond motifs is 1.